The number of rotatable bonds is 0. The molecule has 0 saturated carbocycles. The Kier molecular flexibility index (Phi) is 8.42. The van der Waals surface area contributed by atoms with Gasteiger partial charge in [-0.2, -0.15) is 4.90 Å². The van der Waals surface area contributed by atoms with Crippen LogP contribution in [0.5, 0.6) is 0 Å². The first-order valence-corrected chi connectivity index (χ1v) is 4.42. The molecule has 0 amide bonds. The van der Waals surface area contributed by atoms with E-state index < -0.39 is 0 Å². The average molecular weight is 203 g/mol. The van der Waals surface area contributed by atoms with E-state index in [0.29, 0.717) is 0 Å². The second-order valence-corrected chi connectivity index (χ2v) is 2.17. The lowest BCUT2D eigenvalue weighted by molar-refractivity contribution is 0.821. The molecule has 0 unspecified atom stereocenters. The van der Waals surface area contributed by atoms with Crippen LogP contribution in [0.15, 0.2) is 0 Å². The van der Waals surface area contributed by atoms with Crippen molar-refractivity contribution in [2.45, 2.75) is 20.8 Å². The monoisotopic (exact) mass is 203 g/mol. The summed E-state index contributed by atoms with van der Waals surface area (Å²) in [6.07, 6.45) is 0. The molecule has 0 aliphatic carbocycles. The molecule has 0 atom stereocenters. The summed E-state index contributed by atoms with van der Waals surface area (Å²) in [7, 11) is 0. The number of nitrogens with zero attached hydrogens (tertiary/aromatic N) is 1. The summed E-state index contributed by atoms with van der Waals surface area (Å²) in [6, 6.07) is 8.00. The first-order valence-electron chi connectivity index (χ1n) is 4.42. The summed E-state index contributed by atoms with van der Waals surface area (Å²) in [6.45, 7) is 5.13. The highest BCUT2D eigenvalue weighted by Gasteiger charge is 1.83. The van der Waals surface area contributed by atoms with E-state index in [2.05, 4.69) is 71.4 Å². The molecule has 0 aromatic carbocycles. The van der Waals surface area contributed by atoms with E-state index in [1.54, 1.807) is 20.8 Å². The smallest absolute Gasteiger partial charge is 0.0480 e. The molecule has 0 radical (unpaired) electrons. The summed E-state index contributed by atoms with van der Waals surface area (Å²) < 4.78 is 0. The minimum absolute atomic E-state index is 1.30. The molecule has 1 nitrogen and oxygen atoms in total. The van der Waals surface area contributed by atoms with Crippen molar-refractivity contribution in [3.8, 4) is 71.4 Å². The molecule has 0 N–H and O–H groups in total. The van der Waals surface area contributed by atoms with Crippen LogP contribution in [0.3, 0.4) is 0 Å². The highest BCUT2D eigenvalue weighted by atomic mass is 15.0. The third-order valence-corrected chi connectivity index (χ3v) is 1.07. The average Bonchev–Trinajstić information content (AvgIpc) is 2.29. The predicted molar refractivity (Wildman–Crippen MR) is 65.5 cm³/mol. The fraction of sp³-hybridized carbons (Fsp3) is 0.200. The topological polar surface area (TPSA) is 3.24 Å². The van der Waals surface area contributed by atoms with Crippen LogP contribution in [0.1, 0.15) is 20.8 Å². The van der Waals surface area contributed by atoms with Gasteiger partial charge >= 0.3 is 0 Å². The van der Waals surface area contributed by atoms with Gasteiger partial charge in [0.15, 0.2) is 0 Å². The number of hydrogen-bond donors (Lipinski definition) is 0. The van der Waals surface area contributed by atoms with Gasteiger partial charge in [-0.3, -0.25) is 0 Å². The zero-order valence-electron chi connectivity index (χ0n) is 9.45. The largest absolute Gasteiger partial charge is 0.180 e. The van der Waals surface area contributed by atoms with Crippen molar-refractivity contribution in [3.05, 3.63) is 0 Å². The van der Waals surface area contributed by atoms with Crippen LogP contribution in [0.2, 0.25) is 0 Å². The van der Waals surface area contributed by atoms with Gasteiger partial charge in [-0.1, -0.05) is 17.8 Å². The molecule has 0 heterocycles. The maximum atomic E-state index is 2.67. The van der Waals surface area contributed by atoms with Gasteiger partial charge in [0.25, 0.3) is 0 Å². The highest BCUT2D eigenvalue weighted by Crippen LogP contribution is 1.76. The summed E-state index contributed by atoms with van der Waals surface area (Å²) in [4.78, 5) is 1.30. The van der Waals surface area contributed by atoms with E-state index in [4.69, 9.17) is 0 Å². The van der Waals surface area contributed by atoms with Crippen molar-refractivity contribution in [3.63, 3.8) is 0 Å². The van der Waals surface area contributed by atoms with E-state index in [1.807, 2.05) is 0 Å². The first kappa shape index (κ1) is 13.2. The Hall–Kier alpha value is -2.84. The normalized spacial score (nSPS) is 4.69. The van der Waals surface area contributed by atoms with Crippen molar-refractivity contribution in [1.29, 1.82) is 0 Å². The fourth-order valence-corrected chi connectivity index (χ4v) is 0.523. The molecule has 74 valence electrons. The van der Waals surface area contributed by atoms with Crippen LogP contribution in [-0.4, -0.2) is 4.90 Å². The second-order valence-electron chi connectivity index (χ2n) is 2.17. The Labute approximate surface area is 97.6 Å². The maximum absolute atomic E-state index is 2.67. The van der Waals surface area contributed by atoms with Gasteiger partial charge < -0.3 is 0 Å². The molecule has 0 spiro atoms. The third kappa shape index (κ3) is 7.79. The van der Waals surface area contributed by atoms with Gasteiger partial charge in [-0.25, -0.2) is 0 Å². The molecular formula is C15H9N. The molecule has 0 bridgehead atoms. The van der Waals surface area contributed by atoms with Crippen molar-refractivity contribution < 1.29 is 0 Å². The van der Waals surface area contributed by atoms with E-state index >= 15 is 0 Å². The molecule has 16 heavy (non-hydrogen) atoms. The Morgan fingerprint density at radius 3 is 1.06 bits per heavy atom. The van der Waals surface area contributed by atoms with Crippen LogP contribution in [0, 0.1) is 71.4 Å². The van der Waals surface area contributed by atoms with Crippen molar-refractivity contribution in [2.75, 3.05) is 0 Å². The second kappa shape index (κ2) is 10.2. The Balaban J connectivity index is 4.90. The minimum Gasteiger partial charge on any atom is -0.180 e. The van der Waals surface area contributed by atoms with Crippen LogP contribution < -0.4 is 0 Å². The zero-order valence-corrected chi connectivity index (χ0v) is 9.45. The maximum Gasteiger partial charge on any atom is 0.0480 e. The molecule has 0 aliphatic heterocycles. The molecule has 0 aromatic rings. The lowest BCUT2D eigenvalue weighted by Crippen LogP contribution is -2.01. The molecule has 0 saturated heterocycles. The Morgan fingerprint density at radius 2 is 0.812 bits per heavy atom. The van der Waals surface area contributed by atoms with Crippen LogP contribution in [0.25, 0.3) is 0 Å². The van der Waals surface area contributed by atoms with Crippen LogP contribution >= 0.6 is 0 Å². The van der Waals surface area contributed by atoms with E-state index in [-0.39, 0.29) is 0 Å². The Morgan fingerprint density at radius 1 is 0.500 bits per heavy atom. The standard InChI is InChI=1S/C15H9N/c1-4-7-10-13-16(14-11-8-5-2)15-12-9-6-3/h1-3H3. The minimum atomic E-state index is 1.30. The number of hydrogen-bond acceptors (Lipinski definition) is 1. The molecular weight excluding hydrogens is 194 g/mol. The summed E-state index contributed by atoms with van der Waals surface area (Å²) in [5.41, 5.74) is 0. The van der Waals surface area contributed by atoms with Gasteiger partial charge in [0.1, 0.15) is 0 Å². The van der Waals surface area contributed by atoms with Crippen LogP contribution in [0.4, 0.5) is 0 Å². The zero-order chi connectivity index (χ0) is 12.1. The van der Waals surface area contributed by atoms with Gasteiger partial charge in [0.05, 0.1) is 0 Å². The summed E-state index contributed by atoms with van der Waals surface area (Å²) in [5.74, 6) is 23.6. The van der Waals surface area contributed by atoms with Gasteiger partial charge in [-0.15, -0.1) is 0 Å². The fourth-order valence-electron chi connectivity index (χ4n) is 0.523. The van der Waals surface area contributed by atoms with Crippen molar-refractivity contribution in [1.82, 2.24) is 4.90 Å². The van der Waals surface area contributed by atoms with Crippen LogP contribution in [-0.2, 0) is 0 Å². The van der Waals surface area contributed by atoms with E-state index in [0.717, 1.165) is 0 Å². The molecule has 0 rings (SSSR count). The molecule has 0 aromatic heterocycles. The lowest BCUT2D eigenvalue weighted by Gasteiger charge is -1.92. The lowest BCUT2D eigenvalue weighted by atomic mass is 10.5. The quantitative estimate of drug-likeness (QED) is 0.423. The first-order chi connectivity index (χ1) is 7.85. The van der Waals surface area contributed by atoms with Gasteiger partial charge in [-0.05, 0) is 38.5 Å². The molecule has 0 aliphatic rings. The van der Waals surface area contributed by atoms with Gasteiger partial charge in [0, 0.05) is 35.9 Å². The SMILES string of the molecule is CC#CC#CN(C#CC#CC)C#CC#CC. The van der Waals surface area contributed by atoms with E-state index in [9.17, 15) is 0 Å². The highest BCUT2D eigenvalue weighted by molar-refractivity contribution is 5.34. The molecule has 1 heteroatoms. The summed E-state index contributed by atoms with van der Waals surface area (Å²) >= 11 is 0. The third-order valence-electron chi connectivity index (χ3n) is 1.07. The van der Waals surface area contributed by atoms with Gasteiger partial charge in [0.2, 0.25) is 0 Å². The van der Waals surface area contributed by atoms with Crippen molar-refractivity contribution >= 4 is 0 Å². The molecule has 0 fully saturated rings. The predicted octanol–water partition coefficient (Wildman–Crippen LogP) is 1.24. The summed E-state index contributed by atoms with van der Waals surface area (Å²) in [5, 5.41) is 0. The van der Waals surface area contributed by atoms with E-state index in [1.165, 1.54) is 4.90 Å². The van der Waals surface area contributed by atoms with Crippen molar-refractivity contribution in [2.24, 2.45) is 0 Å². The Bertz CT molecular complexity index is 494.